The summed E-state index contributed by atoms with van der Waals surface area (Å²) >= 11 is 0. The Balaban J connectivity index is 1.71. The number of hydrogen-bond donors (Lipinski definition) is 1. The van der Waals surface area contributed by atoms with Gasteiger partial charge >= 0.3 is 5.97 Å². The molecule has 2 aromatic rings. The molecule has 1 N–H and O–H groups in total. The molecule has 0 bridgehead atoms. The molecule has 26 heavy (non-hydrogen) atoms. The van der Waals surface area contributed by atoms with Crippen molar-refractivity contribution in [3.05, 3.63) is 76.4 Å². The number of carbonyl (C=O) groups excluding carboxylic acids is 3. The highest BCUT2D eigenvalue weighted by molar-refractivity contribution is 6.22. The van der Waals surface area contributed by atoms with Crippen LogP contribution in [0, 0.1) is 0 Å². The topological polar surface area (TPSA) is 72.5 Å². The third-order valence-corrected chi connectivity index (χ3v) is 4.42. The minimum absolute atomic E-state index is 0.0595. The van der Waals surface area contributed by atoms with Crippen molar-refractivity contribution in [1.29, 1.82) is 0 Å². The van der Waals surface area contributed by atoms with Crippen molar-refractivity contribution in [3.8, 4) is 0 Å². The number of benzene rings is 2. The molecule has 0 radical (unpaired) electrons. The Morgan fingerprint density at radius 3 is 2.65 bits per heavy atom. The molecule has 0 unspecified atom stereocenters. The highest BCUT2D eigenvalue weighted by Crippen LogP contribution is 2.21. The number of rotatable bonds is 6. The summed E-state index contributed by atoms with van der Waals surface area (Å²) in [7, 11) is 0. The lowest BCUT2D eigenvalue weighted by molar-refractivity contribution is -0.144. The first-order chi connectivity index (χ1) is 12.5. The lowest BCUT2D eigenvalue weighted by atomic mass is 10.0. The van der Waals surface area contributed by atoms with Gasteiger partial charge in [0.2, 0.25) is 0 Å². The van der Waals surface area contributed by atoms with Crippen LogP contribution in [0.4, 0.5) is 0 Å². The number of imide groups is 1. The van der Waals surface area contributed by atoms with Crippen molar-refractivity contribution in [3.63, 3.8) is 0 Å². The zero-order valence-corrected chi connectivity index (χ0v) is 14.5. The van der Waals surface area contributed by atoms with Crippen LogP contribution in [-0.4, -0.2) is 17.8 Å². The molecule has 0 fully saturated rings. The molecule has 1 aliphatic heterocycles. The molecule has 0 saturated heterocycles. The van der Waals surface area contributed by atoms with Gasteiger partial charge in [-0.2, -0.15) is 0 Å². The minimum Gasteiger partial charge on any atom is -0.461 e. The van der Waals surface area contributed by atoms with Crippen LogP contribution in [0.1, 0.15) is 49.9 Å². The van der Waals surface area contributed by atoms with Crippen LogP contribution in [0.15, 0.2) is 43.0 Å². The van der Waals surface area contributed by atoms with E-state index < -0.39 is 17.8 Å². The predicted molar refractivity (Wildman–Crippen MR) is 97.6 cm³/mol. The van der Waals surface area contributed by atoms with Gasteiger partial charge in [-0.25, -0.2) is 0 Å². The minimum atomic E-state index is -0.471. The summed E-state index contributed by atoms with van der Waals surface area (Å²) in [6.45, 7) is 5.96. The molecule has 5 heteroatoms. The first-order valence-electron chi connectivity index (χ1n) is 8.41. The third-order valence-electron chi connectivity index (χ3n) is 4.42. The van der Waals surface area contributed by atoms with Gasteiger partial charge in [0.1, 0.15) is 6.61 Å². The van der Waals surface area contributed by atoms with E-state index in [9.17, 15) is 14.4 Å². The molecule has 0 aromatic heterocycles. The summed E-state index contributed by atoms with van der Waals surface area (Å²) in [6, 6.07) is 10.8. The van der Waals surface area contributed by atoms with Gasteiger partial charge in [0.15, 0.2) is 0 Å². The Labute approximate surface area is 151 Å². The van der Waals surface area contributed by atoms with Gasteiger partial charge in [0.25, 0.3) is 11.8 Å². The molecule has 5 nitrogen and oxygen atoms in total. The summed E-state index contributed by atoms with van der Waals surface area (Å²) in [6.07, 6.45) is 2.54. The molecule has 1 heterocycles. The molecule has 2 amide bonds. The van der Waals surface area contributed by atoms with E-state index in [1.807, 2.05) is 25.1 Å². The quantitative estimate of drug-likeness (QED) is 0.643. The number of esters is 1. The van der Waals surface area contributed by atoms with E-state index in [4.69, 9.17) is 4.74 Å². The summed E-state index contributed by atoms with van der Waals surface area (Å²) in [5, 5.41) is 2.24. The summed E-state index contributed by atoms with van der Waals surface area (Å²) in [4.78, 5) is 35.8. The van der Waals surface area contributed by atoms with Crippen molar-refractivity contribution in [2.45, 2.75) is 26.4 Å². The maximum atomic E-state index is 12.2. The van der Waals surface area contributed by atoms with E-state index in [-0.39, 0.29) is 18.6 Å². The molecule has 0 aliphatic carbocycles. The van der Waals surface area contributed by atoms with E-state index in [1.54, 1.807) is 24.3 Å². The van der Waals surface area contributed by atoms with E-state index >= 15 is 0 Å². The van der Waals surface area contributed by atoms with Crippen LogP contribution in [0.2, 0.25) is 0 Å². The lowest BCUT2D eigenvalue weighted by Crippen LogP contribution is -2.20. The van der Waals surface area contributed by atoms with E-state index in [2.05, 4.69) is 11.9 Å². The number of aryl methyl sites for hydroxylation is 1. The van der Waals surface area contributed by atoms with Gasteiger partial charge < -0.3 is 4.74 Å². The Morgan fingerprint density at radius 2 is 1.92 bits per heavy atom. The van der Waals surface area contributed by atoms with Crippen LogP contribution in [0.3, 0.4) is 0 Å². The Morgan fingerprint density at radius 1 is 1.12 bits per heavy atom. The van der Waals surface area contributed by atoms with Crippen molar-refractivity contribution in [2.24, 2.45) is 0 Å². The molecule has 132 valence electrons. The molecule has 0 spiro atoms. The van der Waals surface area contributed by atoms with Gasteiger partial charge in [-0.15, -0.1) is 0 Å². The second kappa shape index (κ2) is 7.35. The van der Waals surface area contributed by atoms with Crippen molar-refractivity contribution < 1.29 is 19.1 Å². The smallest absolute Gasteiger partial charge is 0.310 e. The maximum absolute atomic E-state index is 12.2. The maximum Gasteiger partial charge on any atom is 0.310 e. The van der Waals surface area contributed by atoms with Gasteiger partial charge in [0.05, 0.1) is 17.5 Å². The van der Waals surface area contributed by atoms with Gasteiger partial charge in [-0.05, 0) is 34.7 Å². The molecular formula is C21H19NO4. The average Bonchev–Trinajstić information content (AvgIpc) is 2.94. The van der Waals surface area contributed by atoms with Crippen molar-refractivity contribution in [2.75, 3.05) is 0 Å². The number of fused-ring (bicyclic) bond motifs is 1. The Bertz CT molecular complexity index is 914. The van der Waals surface area contributed by atoms with E-state index in [1.165, 1.54) is 0 Å². The number of nitrogens with one attached hydrogen (secondary N) is 1. The second-order valence-electron chi connectivity index (χ2n) is 6.05. The van der Waals surface area contributed by atoms with Crippen LogP contribution in [0.25, 0.3) is 6.08 Å². The van der Waals surface area contributed by atoms with Crippen molar-refractivity contribution >= 4 is 23.9 Å². The fourth-order valence-corrected chi connectivity index (χ4v) is 3.05. The summed E-state index contributed by atoms with van der Waals surface area (Å²) in [5.41, 5.74) is 4.12. The fraction of sp³-hybridized carbons (Fsp3) is 0.190. The highest BCUT2D eigenvalue weighted by Gasteiger charge is 2.29. The average molecular weight is 349 g/mol. The zero-order chi connectivity index (χ0) is 18.7. The van der Waals surface area contributed by atoms with Crippen LogP contribution < -0.4 is 5.32 Å². The molecule has 0 atom stereocenters. The lowest BCUT2D eigenvalue weighted by Gasteiger charge is -2.11. The standard InChI is InChI=1S/C21H19NO4/c1-3-13-8-9-16(14(4-2)10-13)12-26-18(23)11-15-6-5-7-17-19(15)21(25)22-20(17)24/h3,5-10H,1,4,11-12H2,2H3,(H,22,24,25). The van der Waals surface area contributed by atoms with Crippen LogP contribution in [0.5, 0.6) is 0 Å². The molecular weight excluding hydrogens is 330 g/mol. The Kier molecular flexibility index (Phi) is 4.98. The van der Waals surface area contributed by atoms with Gasteiger partial charge in [0, 0.05) is 0 Å². The van der Waals surface area contributed by atoms with Crippen molar-refractivity contribution in [1.82, 2.24) is 5.32 Å². The largest absolute Gasteiger partial charge is 0.461 e. The van der Waals surface area contributed by atoms with Gasteiger partial charge in [-0.1, -0.05) is 49.9 Å². The molecule has 3 rings (SSSR count). The summed E-state index contributed by atoms with van der Waals surface area (Å²) < 4.78 is 5.39. The highest BCUT2D eigenvalue weighted by atomic mass is 16.5. The fourth-order valence-electron chi connectivity index (χ4n) is 3.05. The van der Waals surface area contributed by atoms with E-state index in [0.717, 1.165) is 23.1 Å². The monoisotopic (exact) mass is 349 g/mol. The first kappa shape index (κ1) is 17.6. The third kappa shape index (κ3) is 3.42. The summed E-state index contributed by atoms with van der Waals surface area (Å²) in [5.74, 6) is -1.35. The first-order valence-corrected chi connectivity index (χ1v) is 8.41. The van der Waals surface area contributed by atoms with E-state index in [0.29, 0.717) is 11.1 Å². The number of amides is 2. The second-order valence-corrected chi connectivity index (χ2v) is 6.05. The normalized spacial score (nSPS) is 12.5. The SMILES string of the molecule is C=Cc1ccc(COC(=O)Cc2cccc3c2C(=O)NC3=O)c(CC)c1. The molecule has 2 aromatic carbocycles. The predicted octanol–water partition coefficient (Wildman–Crippen LogP) is 3.06. The van der Waals surface area contributed by atoms with Crippen LogP contribution >= 0.6 is 0 Å². The molecule has 1 aliphatic rings. The number of hydrogen-bond acceptors (Lipinski definition) is 4. The van der Waals surface area contributed by atoms with Crippen LogP contribution in [-0.2, 0) is 29.0 Å². The Hall–Kier alpha value is -3.21. The number of carbonyl (C=O) groups is 3. The van der Waals surface area contributed by atoms with Gasteiger partial charge in [-0.3, -0.25) is 19.7 Å². The number of ether oxygens (including phenoxy) is 1. The zero-order valence-electron chi connectivity index (χ0n) is 14.5. The molecule has 0 saturated carbocycles.